The average Bonchev–Trinajstić information content (AvgIpc) is 2.88. The van der Waals surface area contributed by atoms with Crippen molar-refractivity contribution in [1.82, 2.24) is 0 Å². The fraction of sp³-hybridized carbons (Fsp3) is 0.350. The Morgan fingerprint density at radius 2 is 1.80 bits per heavy atom. The summed E-state index contributed by atoms with van der Waals surface area (Å²) in [6, 6.07) is 9.53. The molecule has 0 aliphatic carbocycles. The van der Waals surface area contributed by atoms with E-state index in [4.69, 9.17) is 19.3 Å². The molecule has 0 saturated carbocycles. The summed E-state index contributed by atoms with van der Waals surface area (Å²) in [7, 11) is 3.15. The third-order valence-electron chi connectivity index (χ3n) is 4.51. The molecule has 1 heterocycles. The second kappa shape index (κ2) is 6.31. The first kappa shape index (κ1) is 17.1. The molecular weight excluding hydrogens is 320 g/mol. The fourth-order valence-electron chi connectivity index (χ4n) is 3.20. The number of aliphatic carboxylic acids is 1. The summed E-state index contributed by atoms with van der Waals surface area (Å²) in [6.45, 7) is 4.94. The second-order valence-electron chi connectivity index (χ2n) is 6.83. The first-order valence-corrected chi connectivity index (χ1v) is 8.10. The number of rotatable bonds is 5. The minimum atomic E-state index is -0.895. The standard InChI is InChI=1S/C20H22O5/c1-20(2)11-25-15-6-5-13(10-14(15)20)19-16(23-3)7-12(9-18(21)22)8-17(19)24-4/h5-8,10H,9,11H2,1-4H3,(H,21,22). The summed E-state index contributed by atoms with van der Waals surface area (Å²) in [5.74, 6) is 1.18. The lowest BCUT2D eigenvalue weighted by molar-refractivity contribution is -0.136. The van der Waals surface area contributed by atoms with Gasteiger partial charge in [0.05, 0.1) is 32.8 Å². The minimum absolute atomic E-state index is 0.0605. The van der Waals surface area contributed by atoms with Crippen molar-refractivity contribution < 1.29 is 24.1 Å². The van der Waals surface area contributed by atoms with Gasteiger partial charge in [0.2, 0.25) is 0 Å². The summed E-state index contributed by atoms with van der Waals surface area (Å²) in [5, 5.41) is 9.05. The Balaban J connectivity index is 2.15. The third-order valence-corrected chi connectivity index (χ3v) is 4.51. The first-order valence-electron chi connectivity index (χ1n) is 8.10. The minimum Gasteiger partial charge on any atom is -0.496 e. The second-order valence-corrected chi connectivity index (χ2v) is 6.83. The van der Waals surface area contributed by atoms with Crippen molar-refractivity contribution >= 4 is 5.97 Å². The highest BCUT2D eigenvalue weighted by Crippen LogP contribution is 2.45. The Labute approximate surface area is 147 Å². The number of carbonyl (C=O) groups is 1. The van der Waals surface area contributed by atoms with Crippen LogP contribution in [0.3, 0.4) is 0 Å². The predicted molar refractivity (Wildman–Crippen MR) is 94.8 cm³/mol. The zero-order valence-corrected chi connectivity index (χ0v) is 14.9. The lowest BCUT2D eigenvalue weighted by Gasteiger charge is -2.18. The summed E-state index contributed by atoms with van der Waals surface area (Å²) in [5.41, 5.74) is 3.48. The molecule has 0 bridgehead atoms. The van der Waals surface area contributed by atoms with Crippen LogP contribution in [0.5, 0.6) is 17.2 Å². The fourth-order valence-corrected chi connectivity index (χ4v) is 3.20. The number of carboxylic acid groups (broad SMARTS) is 1. The van der Waals surface area contributed by atoms with Crippen molar-refractivity contribution in [2.75, 3.05) is 20.8 Å². The SMILES string of the molecule is COc1cc(CC(=O)O)cc(OC)c1-c1ccc2c(c1)C(C)(C)CO2. The van der Waals surface area contributed by atoms with Crippen LogP contribution >= 0.6 is 0 Å². The van der Waals surface area contributed by atoms with Crippen LogP contribution in [0.25, 0.3) is 11.1 Å². The maximum Gasteiger partial charge on any atom is 0.307 e. The van der Waals surface area contributed by atoms with E-state index >= 15 is 0 Å². The zero-order valence-electron chi connectivity index (χ0n) is 14.9. The van der Waals surface area contributed by atoms with E-state index in [9.17, 15) is 4.79 Å². The number of ether oxygens (including phenoxy) is 3. The number of hydrogen-bond donors (Lipinski definition) is 1. The molecular formula is C20H22O5. The molecule has 3 rings (SSSR count). The Kier molecular flexibility index (Phi) is 4.33. The number of hydrogen-bond acceptors (Lipinski definition) is 4. The van der Waals surface area contributed by atoms with Crippen molar-refractivity contribution in [2.24, 2.45) is 0 Å². The van der Waals surface area contributed by atoms with Gasteiger partial charge < -0.3 is 19.3 Å². The molecule has 5 heteroatoms. The topological polar surface area (TPSA) is 65.0 Å². The predicted octanol–water partition coefficient (Wildman–Crippen LogP) is 3.67. The zero-order chi connectivity index (χ0) is 18.2. The van der Waals surface area contributed by atoms with Crippen molar-refractivity contribution in [1.29, 1.82) is 0 Å². The van der Waals surface area contributed by atoms with E-state index in [0.29, 0.717) is 23.7 Å². The number of carboxylic acids is 1. The molecule has 0 spiro atoms. The largest absolute Gasteiger partial charge is 0.496 e. The molecule has 1 N–H and O–H groups in total. The van der Waals surface area contributed by atoms with Gasteiger partial charge in [0, 0.05) is 11.0 Å². The summed E-state index contributed by atoms with van der Waals surface area (Å²) in [6.07, 6.45) is -0.0853. The van der Waals surface area contributed by atoms with Gasteiger partial charge >= 0.3 is 5.97 Å². The van der Waals surface area contributed by atoms with Gasteiger partial charge in [-0.1, -0.05) is 19.9 Å². The van der Waals surface area contributed by atoms with Crippen molar-refractivity contribution in [3.63, 3.8) is 0 Å². The van der Waals surface area contributed by atoms with Gasteiger partial charge in [-0.2, -0.15) is 0 Å². The van der Waals surface area contributed by atoms with Crippen LogP contribution in [0.2, 0.25) is 0 Å². The van der Waals surface area contributed by atoms with Crippen LogP contribution < -0.4 is 14.2 Å². The van der Waals surface area contributed by atoms with E-state index in [0.717, 1.165) is 22.4 Å². The number of methoxy groups -OCH3 is 2. The van der Waals surface area contributed by atoms with Crippen molar-refractivity contribution in [2.45, 2.75) is 25.7 Å². The molecule has 2 aromatic rings. The third kappa shape index (κ3) is 3.14. The van der Waals surface area contributed by atoms with Gasteiger partial charge in [-0.3, -0.25) is 4.79 Å². The van der Waals surface area contributed by atoms with Crippen LogP contribution in [0.4, 0.5) is 0 Å². The monoisotopic (exact) mass is 342 g/mol. The number of fused-ring (bicyclic) bond motifs is 1. The van der Waals surface area contributed by atoms with E-state index < -0.39 is 5.97 Å². The van der Waals surface area contributed by atoms with Crippen LogP contribution in [0, 0.1) is 0 Å². The molecule has 0 fully saturated rings. The molecule has 0 unspecified atom stereocenters. The highest BCUT2D eigenvalue weighted by molar-refractivity contribution is 5.80. The van der Waals surface area contributed by atoms with Crippen molar-refractivity contribution in [3.05, 3.63) is 41.5 Å². The molecule has 25 heavy (non-hydrogen) atoms. The van der Waals surface area contributed by atoms with Gasteiger partial charge in [-0.05, 0) is 35.4 Å². The summed E-state index contributed by atoms with van der Waals surface area (Å²) >= 11 is 0. The molecule has 0 atom stereocenters. The molecule has 1 aliphatic heterocycles. The van der Waals surface area contributed by atoms with Gasteiger partial charge in [-0.15, -0.1) is 0 Å². The lowest BCUT2D eigenvalue weighted by Crippen LogP contribution is -2.18. The molecule has 0 radical (unpaired) electrons. The van der Waals surface area contributed by atoms with Gasteiger partial charge in [-0.25, -0.2) is 0 Å². The maximum absolute atomic E-state index is 11.0. The Hall–Kier alpha value is -2.69. The molecule has 0 aromatic heterocycles. The van der Waals surface area contributed by atoms with Crippen molar-refractivity contribution in [3.8, 4) is 28.4 Å². The van der Waals surface area contributed by atoms with Gasteiger partial charge in [0.1, 0.15) is 17.2 Å². The smallest absolute Gasteiger partial charge is 0.307 e. The molecule has 1 aliphatic rings. The molecule has 132 valence electrons. The van der Waals surface area contributed by atoms with E-state index in [-0.39, 0.29) is 11.8 Å². The Morgan fingerprint density at radius 1 is 1.16 bits per heavy atom. The van der Waals surface area contributed by atoms with E-state index in [2.05, 4.69) is 19.9 Å². The van der Waals surface area contributed by atoms with Crippen LogP contribution in [0.15, 0.2) is 30.3 Å². The highest BCUT2D eigenvalue weighted by Gasteiger charge is 2.32. The number of benzene rings is 2. The van der Waals surface area contributed by atoms with E-state index in [1.165, 1.54) is 0 Å². The average molecular weight is 342 g/mol. The molecule has 5 nitrogen and oxygen atoms in total. The lowest BCUT2D eigenvalue weighted by atomic mass is 9.85. The van der Waals surface area contributed by atoms with Crippen LogP contribution in [-0.4, -0.2) is 31.9 Å². The molecule has 2 aromatic carbocycles. The Bertz CT molecular complexity index is 798. The quantitative estimate of drug-likeness (QED) is 0.898. The van der Waals surface area contributed by atoms with Gasteiger partial charge in [0.15, 0.2) is 0 Å². The Morgan fingerprint density at radius 3 is 2.36 bits per heavy atom. The highest BCUT2D eigenvalue weighted by atomic mass is 16.5. The van der Waals surface area contributed by atoms with Crippen LogP contribution in [-0.2, 0) is 16.6 Å². The summed E-state index contributed by atoms with van der Waals surface area (Å²) < 4.78 is 16.8. The first-order chi connectivity index (χ1) is 11.9. The van der Waals surface area contributed by atoms with E-state index in [1.807, 2.05) is 12.1 Å². The van der Waals surface area contributed by atoms with E-state index in [1.54, 1.807) is 26.4 Å². The maximum atomic E-state index is 11.0. The molecule has 0 amide bonds. The summed E-state index contributed by atoms with van der Waals surface area (Å²) in [4.78, 5) is 11.0. The van der Waals surface area contributed by atoms with Crippen LogP contribution in [0.1, 0.15) is 25.0 Å². The normalized spacial score (nSPS) is 14.6. The van der Waals surface area contributed by atoms with Gasteiger partial charge in [0.25, 0.3) is 0 Å². The molecule has 0 saturated heterocycles.